The number of hydrogen-bond acceptors (Lipinski definition) is 4. The van der Waals surface area contributed by atoms with E-state index in [0.717, 1.165) is 36.6 Å². The molecule has 2 aromatic rings. The maximum atomic E-state index is 13.1. The summed E-state index contributed by atoms with van der Waals surface area (Å²) >= 11 is 0. The first-order chi connectivity index (χ1) is 13.5. The van der Waals surface area contributed by atoms with Crippen LogP contribution in [0.3, 0.4) is 0 Å². The third kappa shape index (κ3) is 3.96. The van der Waals surface area contributed by atoms with Gasteiger partial charge in [0.2, 0.25) is 5.91 Å². The van der Waals surface area contributed by atoms with Gasteiger partial charge in [-0.05, 0) is 25.0 Å². The van der Waals surface area contributed by atoms with Crippen molar-refractivity contribution in [2.75, 3.05) is 13.7 Å². The van der Waals surface area contributed by atoms with E-state index in [1.165, 1.54) is 0 Å². The minimum absolute atomic E-state index is 0.00238. The first-order valence-electron chi connectivity index (χ1n) is 9.95. The molecule has 28 heavy (non-hydrogen) atoms. The fraction of sp³-hybridized carbons (Fsp3) is 0.500. The molecule has 3 rings (SSSR count). The van der Waals surface area contributed by atoms with Crippen LogP contribution in [0.1, 0.15) is 50.0 Å². The van der Waals surface area contributed by atoms with Gasteiger partial charge in [0.1, 0.15) is 18.0 Å². The SMILES string of the molecule is C=CCN(C(=O)Cn1nc(C(=O)C(C)C)c2ccc(OC)cc21)C1CCCC1. The number of ether oxygens (including phenoxy) is 1. The van der Waals surface area contributed by atoms with E-state index in [4.69, 9.17) is 4.74 Å². The minimum Gasteiger partial charge on any atom is -0.497 e. The monoisotopic (exact) mass is 383 g/mol. The van der Waals surface area contributed by atoms with E-state index >= 15 is 0 Å². The number of methoxy groups -OCH3 is 1. The molecule has 1 aliphatic rings. The lowest BCUT2D eigenvalue weighted by Gasteiger charge is -2.28. The molecular formula is C22H29N3O3. The number of nitrogens with zero attached hydrogens (tertiary/aromatic N) is 3. The molecule has 1 fully saturated rings. The summed E-state index contributed by atoms with van der Waals surface area (Å²) in [5.74, 6) is 0.478. The van der Waals surface area contributed by atoms with Crippen molar-refractivity contribution in [1.29, 1.82) is 0 Å². The molecule has 0 bridgehead atoms. The molecule has 0 spiro atoms. The van der Waals surface area contributed by atoms with Gasteiger partial charge in [0, 0.05) is 30.0 Å². The molecule has 0 radical (unpaired) electrons. The molecule has 1 amide bonds. The number of amides is 1. The first-order valence-corrected chi connectivity index (χ1v) is 9.95. The molecule has 6 heteroatoms. The third-order valence-corrected chi connectivity index (χ3v) is 5.41. The van der Waals surface area contributed by atoms with Crippen LogP contribution in [0.2, 0.25) is 0 Å². The van der Waals surface area contributed by atoms with Crippen LogP contribution in [0.25, 0.3) is 10.9 Å². The highest BCUT2D eigenvalue weighted by molar-refractivity contribution is 6.07. The number of benzene rings is 1. The number of rotatable bonds is 8. The van der Waals surface area contributed by atoms with Gasteiger partial charge in [-0.2, -0.15) is 5.10 Å². The largest absolute Gasteiger partial charge is 0.497 e. The summed E-state index contributed by atoms with van der Waals surface area (Å²) in [6.45, 7) is 8.14. The molecule has 0 N–H and O–H groups in total. The van der Waals surface area contributed by atoms with Crippen LogP contribution in [0, 0.1) is 5.92 Å². The van der Waals surface area contributed by atoms with Gasteiger partial charge in [-0.25, -0.2) is 0 Å². The van der Waals surface area contributed by atoms with Gasteiger partial charge in [-0.3, -0.25) is 14.3 Å². The maximum Gasteiger partial charge on any atom is 0.244 e. The van der Waals surface area contributed by atoms with E-state index < -0.39 is 0 Å². The van der Waals surface area contributed by atoms with Crippen LogP contribution in [0.15, 0.2) is 30.9 Å². The minimum atomic E-state index is -0.167. The Morgan fingerprint density at radius 1 is 1.36 bits per heavy atom. The van der Waals surface area contributed by atoms with Gasteiger partial charge >= 0.3 is 0 Å². The molecule has 0 unspecified atom stereocenters. The summed E-state index contributed by atoms with van der Waals surface area (Å²) in [5.41, 5.74) is 1.15. The van der Waals surface area contributed by atoms with Gasteiger partial charge < -0.3 is 9.64 Å². The molecule has 0 saturated heterocycles. The summed E-state index contributed by atoms with van der Waals surface area (Å²) in [7, 11) is 1.60. The van der Waals surface area contributed by atoms with Gasteiger partial charge in [-0.15, -0.1) is 6.58 Å². The van der Waals surface area contributed by atoms with Crippen LogP contribution in [0.4, 0.5) is 0 Å². The van der Waals surface area contributed by atoms with Crippen molar-refractivity contribution in [3.63, 3.8) is 0 Å². The smallest absolute Gasteiger partial charge is 0.244 e. The van der Waals surface area contributed by atoms with Crippen molar-refractivity contribution in [2.45, 2.75) is 52.1 Å². The molecule has 0 atom stereocenters. The zero-order chi connectivity index (χ0) is 20.3. The highest BCUT2D eigenvalue weighted by atomic mass is 16.5. The maximum absolute atomic E-state index is 13.1. The Morgan fingerprint density at radius 3 is 2.68 bits per heavy atom. The number of aromatic nitrogens is 2. The van der Waals surface area contributed by atoms with E-state index in [1.807, 2.05) is 36.9 Å². The van der Waals surface area contributed by atoms with E-state index in [2.05, 4.69) is 11.7 Å². The number of fused-ring (bicyclic) bond motifs is 1. The highest BCUT2D eigenvalue weighted by Crippen LogP contribution is 2.27. The van der Waals surface area contributed by atoms with E-state index in [9.17, 15) is 9.59 Å². The summed E-state index contributed by atoms with van der Waals surface area (Å²) in [6.07, 6.45) is 6.14. The second-order valence-electron chi connectivity index (χ2n) is 7.68. The van der Waals surface area contributed by atoms with Gasteiger partial charge in [0.05, 0.1) is 12.6 Å². The summed E-state index contributed by atoms with van der Waals surface area (Å²) < 4.78 is 6.97. The van der Waals surface area contributed by atoms with Crippen molar-refractivity contribution >= 4 is 22.6 Å². The highest BCUT2D eigenvalue weighted by Gasteiger charge is 2.27. The van der Waals surface area contributed by atoms with Crippen molar-refractivity contribution in [2.24, 2.45) is 5.92 Å². The number of carbonyl (C=O) groups is 2. The fourth-order valence-corrected chi connectivity index (χ4v) is 3.89. The van der Waals surface area contributed by atoms with Crippen LogP contribution in [0.5, 0.6) is 5.75 Å². The van der Waals surface area contributed by atoms with E-state index in [-0.39, 0.29) is 30.2 Å². The second kappa shape index (κ2) is 8.59. The van der Waals surface area contributed by atoms with Gasteiger partial charge in [0.25, 0.3) is 0 Å². The molecule has 1 saturated carbocycles. The Bertz CT molecular complexity index is 879. The number of Topliss-reactive ketones (excluding diaryl/α,β-unsaturated/α-hetero) is 1. The third-order valence-electron chi connectivity index (χ3n) is 5.41. The predicted octanol–water partition coefficient (Wildman–Crippen LogP) is 3.84. The molecule has 1 heterocycles. The molecule has 0 aliphatic heterocycles. The molecular weight excluding hydrogens is 354 g/mol. The molecule has 1 aromatic carbocycles. The zero-order valence-corrected chi connectivity index (χ0v) is 17.0. The Kier molecular flexibility index (Phi) is 6.17. The van der Waals surface area contributed by atoms with Crippen molar-refractivity contribution in [3.8, 4) is 5.75 Å². The Balaban J connectivity index is 1.97. The van der Waals surface area contributed by atoms with Crippen molar-refractivity contribution < 1.29 is 14.3 Å². The zero-order valence-electron chi connectivity index (χ0n) is 17.0. The average Bonchev–Trinajstić information content (AvgIpc) is 3.33. The molecule has 150 valence electrons. The van der Waals surface area contributed by atoms with Crippen LogP contribution in [-0.4, -0.2) is 46.1 Å². The second-order valence-corrected chi connectivity index (χ2v) is 7.68. The lowest BCUT2D eigenvalue weighted by Crippen LogP contribution is -2.41. The summed E-state index contributed by atoms with van der Waals surface area (Å²) in [4.78, 5) is 27.6. The van der Waals surface area contributed by atoms with E-state index in [0.29, 0.717) is 18.0 Å². The number of hydrogen-bond donors (Lipinski definition) is 0. The number of carbonyl (C=O) groups excluding carboxylic acids is 2. The lowest BCUT2D eigenvalue weighted by molar-refractivity contribution is -0.133. The van der Waals surface area contributed by atoms with Crippen molar-refractivity contribution in [3.05, 3.63) is 36.5 Å². The van der Waals surface area contributed by atoms with E-state index in [1.54, 1.807) is 17.9 Å². The normalized spacial score (nSPS) is 14.6. The molecule has 6 nitrogen and oxygen atoms in total. The van der Waals surface area contributed by atoms with Gasteiger partial charge in [-0.1, -0.05) is 32.8 Å². The van der Waals surface area contributed by atoms with Crippen LogP contribution < -0.4 is 4.74 Å². The molecule has 1 aliphatic carbocycles. The Hall–Kier alpha value is -2.63. The quantitative estimate of drug-likeness (QED) is 0.513. The lowest BCUT2D eigenvalue weighted by atomic mass is 10.0. The standard InChI is InChI=1S/C22H29N3O3/c1-5-12-24(16-8-6-7-9-16)20(26)14-25-19-13-17(28-4)10-11-18(19)21(23-25)22(27)15(2)3/h5,10-11,13,15-16H,1,6-9,12,14H2,2-4H3. The summed E-state index contributed by atoms with van der Waals surface area (Å²) in [5, 5.41) is 5.29. The van der Waals surface area contributed by atoms with Crippen molar-refractivity contribution in [1.82, 2.24) is 14.7 Å². The Labute approximate surface area is 166 Å². The average molecular weight is 383 g/mol. The fourth-order valence-electron chi connectivity index (χ4n) is 3.89. The topological polar surface area (TPSA) is 64.4 Å². The number of ketones is 1. The molecule has 1 aromatic heterocycles. The predicted molar refractivity (Wildman–Crippen MR) is 110 cm³/mol. The van der Waals surface area contributed by atoms with Crippen LogP contribution >= 0.6 is 0 Å². The van der Waals surface area contributed by atoms with Crippen LogP contribution in [-0.2, 0) is 11.3 Å². The Morgan fingerprint density at radius 2 is 2.07 bits per heavy atom. The first kappa shape index (κ1) is 20.1. The summed E-state index contributed by atoms with van der Waals surface area (Å²) in [6, 6.07) is 5.75. The van der Waals surface area contributed by atoms with Gasteiger partial charge in [0.15, 0.2) is 5.78 Å².